The standard InChI is InChI=1S/C18H34N2O4/c1-11(2)14-9-15(23-16(14)21)12(3)13(10-19)7-8-20-17(22)24-18(4,5)6/h11-15H,7-10,19H2,1-6H3,(H,20,22)/t12?,13-,14+,15+/m1/s1. The van der Waals surface area contributed by atoms with Crippen molar-refractivity contribution < 1.29 is 19.1 Å². The predicted octanol–water partition coefficient (Wildman–Crippen LogP) is 2.70. The van der Waals surface area contributed by atoms with Gasteiger partial charge in [0, 0.05) is 6.54 Å². The summed E-state index contributed by atoms with van der Waals surface area (Å²) in [5.74, 6) is 0.534. The molecule has 3 N–H and O–H groups in total. The minimum absolute atomic E-state index is 0.0178. The highest BCUT2D eigenvalue weighted by molar-refractivity contribution is 5.74. The fourth-order valence-electron chi connectivity index (χ4n) is 3.07. The topological polar surface area (TPSA) is 90.6 Å². The summed E-state index contributed by atoms with van der Waals surface area (Å²) in [7, 11) is 0. The zero-order valence-corrected chi connectivity index (χ0v) is 15.9. The van der Waals surface area contributed by atoms with Crippen LogP contribution in [0, 0.1) is 23.7 Å². The van der Waals surface area contributed by atoms with Gasteiger partial charge in [-0.15, -0.1) is 0 Å². The van der Waals surface area contributed by atoms with E-state index in [-0.39, 0.29) is 29.8 Å². The molecule has 1 aliphatic rings. The van der Waals surface area contributed by atoms with E-state index in [9.17, 15) is 9.59 Å². The summed E-state index contributed by atoms with van der Waals surface area (Å²) < 4.78 is 10.8. The van der Waals surface area contributed by atoms with Crippen molar-refractivity contribution in [2.45, 2.75) is 66.1 Å². The zero-order valence-electron chi connectivity index (χ0n) is 15.9. The molecule has 0 bridgehead atoms. The molecule has 6 heteroatoms. The van der Waals surface area contributed by atoms with E-state index in [1.165, 1.54) is 0 Å². The molecular weight excluding hydrogens is 308 g/mol. The van der Waals surface area contributed by atoms with Crippen molar-refractivity contribution in [1.82, 2.24) is 5.32 Å². The normalized spacial score (nSPS) is 23.8. The summed E-state index contributed by atoms with van der Waals surface area (Å²) in [5.41, 5.74) is 5.40. The summed E-state index contributed by atoms with van der Waals surface area (Å²) >= 11 is 0. The number of nitrogens with one attached hydrogen (secondary N) is 1. The first-order chi connectivity index (χ1) is 11.0. The smallest absolute Gasteiger partial charge is 0.407 e. The number of hydrogen-bond acceptors (Lipinski definition) is 5. The Morgan fingerprint density at radius 1 is 1.38 bits per heavy atom. The number of amides is 1. The summed E-state index contributed by atoms with van der Waals surface area (Å²) in [4.78, 5) is 23.6. The zero-order chi connectivity index (χ0) is 18.5. The third-order valence-corrected chi connectivity index (χ3v) is 4.68. The van der Waals surface area contributed by atoms with E-state index in [1.54, 1.807) is 0 Å². The van der Waals surface area contributed by atoms with Gasteiger partial charge in [0.25, 0.3) is 0 Å². The molecule has 1 fully saturated rings. The first kappa shape index (κ1) is 20.7. The number of ether oxygens (including phenoxy) is 2. The van der Waals surface area contributed by atoms with E-state index in [1.807, 2.05) is 34.6 Å². The lowest BCUT2D eigenvalue weighted by Gasteiger charge is -2.27. The Morgan fingerprint density at radius 3 is 2.46 bits per heavy atom. The van der Waals surface area contributed by atoms with Crippen molar-refractivity contribution in [3.05, 3.63) is 0 Å². The van der Waals surface area contributed by atoms with Crippen molar-refractivity contribution in [2.75, 3.05) is 13.1 Å². The molecule has 0 aromatic heterocycles. The van der Waals surface area contributed by atoms with Gasteiger partial charge in [-0.3, -0.25) is 4.79 Å². The van der Waals surface area contributed by atoms with Gasteiger partial charge in [0.15, 0.2) is 0 Å². The van der Waals surface area contributed by atoms with Crippen LogP contribution in [-0.2, 0) is 14.3 Å². The number of esters is 1. The Morgan fingerprint density at radius 2 is 2.00 bits per heavy atom. The van der Waals surface area contributed by atoms with Gasteiger partial charge in [-0.05, 0) is 57.9 Å². The van der Waals surface area contributed by atoms with Crippen LogP contribution in [0.25, 0.3) is 0 Å². The molecule has 1 unspecified atom stereocenters. The maximum atomic E-state index is 12.0. The average molecular weight is 342 g/mol. The van der Waals surface area contributed by atoms with Crippen molar-refractivity contribution in [2.24, 2.45) is 29.4 Å². The highest BCUT2D eigenvalue weighted by atomic mass is 16.6. The maximum Gasteiger partial charge on any atom is 0.407 e. The van der Waals surface area contributed by atoms with Gasteiger partial charge in [-0.25, -0.2) is 4.79 Å². The summed E-state index contributed by atoms with van der Waals surface area (Å²) in [5, 5.41) is 2.76. The molecule has 1 amide bonds. The Kier molecular flexibility index (Phi) is 7.52. The van der Waals surface area contributed by atoms with Gasteiger partial charge >= 0.3 is 12.1 Å². The highest BCUT2D eigenvalue weighted by Gasteiger charge is 2.40. The molecule has 0 saturated carbocycles. The van der Waals surface area contributed by atoms with Gasteiger partial charge < -0.3 is 20.5 Å². The fourth-order valence-corrected chi connectivity index (χ4v) is 3.07. The monoisotopic (exact) mass is 342 g/mol. The third kappa shape index (κ3) is 6.30. The van der Waals surface area contributed by atoms with Crippen LogP contribution < -0.4 is 11.1 Å². The number of carbonyl (C=O) groups is 2. The molecule has 1 heterocycles. The van der Waals surface area contributed by atoms with E-state index < -0.39 is 11.7 Å². The van der Waals surface area contributed by atoms with E-state index >= 15 is 0 Å². The number of cyclic esters (lactones) is 1. The summed E-state index contributed by atoms with van der Waals surface area (Å²) in [6.07, 6.45) is 0.989. The molecule has 1 saturated heterocycles. The number of carbonyl (C=O) groups excluding carboxylic acids is 2. The number of nitrogens with two attached hydrogens (primary N) is 1. The minimum atomic E-state index is -0.505. The van der Waals surface area contributed by atoms with Crippen molar-refractivity contribution in [3.8, 4) is 0 Å². The summed E-state index contributed by atoms with van der Waals surface area (Å²) in [6.45, 7) is 12.7. The number of alkyl carbamates (subject to hydrolysis) is 1. The molecule has 0 radical (unpaired) electrons. The van der Waals surface area contributed by atoms with Crippen LogP contribution in [0.4, 0.5) is 4.79 Å². The van der Waals surface area contributed by atoms with Crippen LogP contribution in [0.15, 0.2) is 0 Å². The molecular formula is C18H34N2O4. The van der Waals surface area contributed by atoms with Gasteiger partial charge in [-0.2, -0.15) is 0 Å². The van der Waals surface area contributed by atoms with Crippen molar-refractivity contribution in [3.63, 3.8) is 0 Å². The third-order valence-electron chi connectivity index (χ3n) is 4.68. The largest absolute Gasteiger partial charge is 0.462 e. The molecule has 0 aromatic carbocycles. The molecule has 140 valence electrons. The minimum Gasteiger partial charge on any atom is -0.462 e. The Hall–Kier alpha value is -1.30. The predicted molar refractivity (Wildman–Crippen MR) is 93.4 cm³/mol. The molecule has 1 aliphatic heterocycles. The number of rotatable bonds is 7. The second-order valence-electron chi connectivity index (χ2n) is 8.13. The van der Waals surface area contributed by atoms with Crippen LogP contribution in [0.5, 0.6) is 0 Å². The molecule has 0 aliphatic carbocycles. The van der Waals surface area contributed by atoms with Crippen molar-refractivity contribution in [1.29, 1.82) is 0 Å². The second-order valence-corrected chi connectivity index (χ2v) is 8.13. The molecule has 6 nitrogen and oxygen atoms in total. The Labute approximate surface area is 145 Å². The lowest BCUT2D eigenvalue weighted by molar-refractivity contribution is -0.147. The van der Waals surface area contributed by atoms with E-state index in [0.29, 0.717) is 19.0 Å². The molecule has 1 rings (SSSR count). The lowest BCUT2D eigenvalue weighted by Crippen LogP contribution is -2.36. The van der Waals surface area contributed by atoms with Crippen LogP contribution in [-0.4, -0.2) is 36.9 Å². The molecule has 24 heavy (non-hydrogen) atoms. The van der Waals surface area contributed by atoms with E-state index in [0.717, 1.165) is 12.8 Å². The second kappa shape index (κ2) is 8.70. The van der Waals surface area contributed by atoms with E-state index in [2.05, 4.69) is 12.2 Å². The molecule has 4 atom stereocenters. The average Bonchev–Trinajstić information content (AvgIpc) is 2.83. The van der Waals surface area contributed by atoms with Crippen LogP contribution in [0.3, 0.4) is 0 Å². The van der Waals surface area contributed by atoms with Crippen molar-refractivity contribution >= 4 is 12.1 Å². The summed E-state index contributed by atoms with van der Waals surface area (Å²) in [6, 6.07) is 0. The Bertz CT molecular complexity index is 431. The Balaban J connectivity index is 2.46. The first-order valence-corrected chi connectivity index (χ1v) is 8.92. The van der Waals surface area contributed by atoms with Gasteiger partial charge in [0.1, 0.15) is 11.7 Å². The van der Waals surface area contributed by atoms with Gasteiger partial charge in [-0.1, -0.05) is 20.8 Å². The molecule has 0 aromatic rings. The van der Waals surface area contributed by atoms with Crippen LogP contribution in [0.1, 0.15) is 54.4 Å². The first-order valence-electron chi connectivity index (χ1n) is 8.92. The van der Waals surface area contributed by atoms with Crippen LogP contribution in [0.2, 0.25) is 0 Å². The maximum absolute atomic E-state index is 12.0. The fraction of sp³-hybridized carbons (Fsp3) is 0.889. The van der Waals surface area contributed by atoms with E-state index in [4.69, 9.17) is 15.2 Å². The highest BCUT2D eigenvalue weighted by Crippen LogP contribution is 2.34. The lowest BCUT2D eigenvalue weighted by atomic mass is 9.82. The SMILES string of the molecule is CC([C@@H](CN)CCNC(=O)OC(C)(C)C)[C@@H]1C[C@@H](C(C)C)C(=O)O1. The van der Waals surface area contributed by atoms with Gasteiger partial charge in [0.05, 0.1) is 5.92 Å². The molecule has 0 spiro atoms. The number of hydrogen-bond donors (Lipinski definition) is 2. The quantitative estimate of drug-likeness (QED) is 0.694. The van der Waals surface area contributed by atoms with Crippen LogP contribution >= 0.6 is 0 Å². The van der Waals surface area contributed by atoms with Gasteiger partial charge in [0.2, 0.25) is 0 Å².